The van der Waals surface area contributed by atoms with Crippen molar-refractivity contribution >= 4 is 17.9 Å². The number of nitrogens with one attached hydrogen (secondary N) is 2. The SMILES string of the molecule is CCCC(C)NC(=O)C(c1ccc(O)c(C)c1)N(C)C(=O)C(Cc1ccccc1)NC(=O)OC(C)(C)C. The number of alkyl carbamates (subject to hydrolysis) is 1. The van der Waals surface area contributed by atoms with Crippen molar-refractivity contribution in [1.82, 2.24) is 15.5 Å². The van der Waals surface area contributed by atoms with Crippen LogP contribution in [0.4, 0.5) is 4.79 Å². The lowest BCUT2D eigenvalue weighted by molar-refractivity contribution is -0.141. The molecule has 0 bridgehead atoms. The molecular formula is C29H41N3O5. The molecule has 0 aliphatic carbocycles. The van der Waals surface area contributed by atoms with Crippen LogP contribution >= 0.6 is 0 Å². The number of amides is 3. The summed E-state index contributed by atoms with van der Waals surface area (Å²) < 4.78 is 5.41. The number of hydrogen-bond acceptors (Lipinski definition) is 5. The summed E-state index contributed by atoms with van der Waals surface area (Å²) in [5.41, 5.74) is 1.26. The van der Waals surface area contributed by atoms with Gasteiger partial charge in [0.25, 0.3) is 0 Å². The summed E-state index contributed by atoms with van der Waals surface area (Å²) in [6, 6.07) is 12.2. The average Bonchev–Trinajstić information content (AvgIpc) is 2.80. The molecule has 0 spiro atoms. The largest absolute Gasteiger partial charge is 0.508 e. The van der Waals surface area contributed by atoms with Crippen molar-refractivity contribution in [1.29, 1.82) is 0 Å². The zero-order chi connectivity index (χ0) is 27.8. The Balaban J connectivity index is 2.42. The normalized spacial score (nSPS) is 13.7. The van der Waals surface area contributed by atoms with Crippen LogP contribution < -0.4 is 10.6 Å². The lowest BCUT2D eigenvalue weighted by Gasteiger charge is -2.32. The van der Waals surface area contributed by atoms with E-state index in [0.717, 1.165) is 18.4 Å². The van der Waals surface area contributed by atoms with Crippen LogP contribution in [0, 0.1) is 6.92 Å². The van der Waals surface area contributed by atoms with E-state index in [0.29, 0.717) is 11.1 Å². The summed E-state index contributed by atoms with van der Waals surface area (Å²) in [6.07, 6.45) is 1.20. The number of aromatic hydroxyl groups is 1. The van der Waals surface area contributed by atoms with Gasteiger partial charge in [-0.2, -0.15) is 0 Å². The number of ether oxygens (including phenoxy) is 1. The summed E-state index contributed by atoms with van der Waals surface area (Å²) in [7, 11) is 1.55. The topological polar surface area (TPSA) is 108 Å². The third kappa shape index (κ3) is 9.12. The number of carbonyl (C=O) groups excluding carboxylic acids is 3. The fraction of sp³-hybridized carbons (Fsp3) is 0.483. The van der Waals surface area contributed by atoms with E-state index in [1.165, 1.54) is 11.0 Å². The zero-order valence-corrected chi connectivity index (χ0v) is 23.0. The van der Waals surface area contributed by atoms with Gasteiger partial charge in [0.15, 0.2) is 0 Å². The predicted octanol–water partition coefficient (Wildman–Crippen LogP) is 4.64. The molecule has 0 aliphatic rings. The number of benzene rings is 2. The molecule has 202 valence electrons. The highest BCUT2D eigenvalue weighted by molar-refractivity contribution is 5.92. The number of nitrogens with zero attached hydrogens (tertiary/aromatic N) is 1. The molecule has 3 N–H and O–H groups in total. The zero-order valence-electron chi connectivity index (χ0n) is 23.0. The van der Waals surface area contributed by atoms with E-state index in [1.807, 2.05) is 44.2 Å². The number of hydrogen-bond donors (Lipinski definition) is 3. The standard InChI is InChI=1S/C29H41N3O5/c1-8-12-20(3)30-26(34)25(22-15-16-24(33)19(2)17-22)32(7)27(35)23(18-21-13-10-9-11-14-21)31-28(36)37-29(4,5)6/h9-11,13-17,20,23,25,33H,8,12,18H2,1-7H3,(H,30,34)(H,31,36). The van der Waals surface area contributed by atoms with Gasteiger partial charge in [-0.1, -0.05) is 49.7 Å². The van der Waals surface area contributed by atoms with Gasteiger partial charge in [0.05, 0.1) is 0 Å². The van der Waals surface area contributed by atoms with Gasteiger partial charge in [-0.3, -0.25) is 9.59 Å². The van der Waals surface area contributed by atoms with E-state index in [9.17, 15) is 19.5 Å². The Bertz CT molecular complexity index is 1060. The molecule has 3 unspecified atom stereocenters. The van der Waals surface area contributed by atoms with E-state index in [2.05, 4.69) is 10.6 Å². The summed E-state index contributed by atoms with van der Waals surface area (Å²) >= 11 is 0. The minimum Gasteiger partial charge on any atom is -0.508 e. The second-order valence-corrected chi connectivity index (χ2v) is 10.5. The molecule has 3 atom stereocenters. The van der Waals surface area contributed by atoms with Gasteiger partial charge in [0.2, 0.25) is 11.8 Å². The minimum absolute atomic E-state index is 0.0817. The third-order valence-electron chi connectivity index (χ3n) is 5.90. The molecule has 2 aromatic carbocycles. The van der Waals surface area contributed by atoms with Crippen LogP contribution in [0.15, 0.2) is 48.5 Å². The number of aryl methyl sites for hydroxylation is 1. The van der Waals surface area contributed by atoms with Gasteiger partial charge in [-0.15, -0.1) is 0 Å². The van der Waals surface area contributed by atoms with E-state index < -0.39 is 29.7 Å². The Labute approximate surface area is 220 Å². The second kappa shape index (κ2) is 13.1. The summed E-state index contributed by atoms with van der Waals surface area (Å²) in [5, 5.41) is 15.7. The Kier molecular flexibility index (Phi) is 10.5. The summed E-state index contributed by atoms with van der Waals surface area (Å²) in [6.45, 7) is 10.9. The molecule has 0 aliphatic heterocycles. The Hall–Kier alpha value is -3.55. The van der Waals surface area contributed by atoms with Crippen molar-refractivity contribution < 1.29 is 24.2 Å². The van der Waals surface area contributed by atoms with Crippen molar-refractivity contribution in [3.63, 3.8) is 0 Å². The van der Waals surface area contributed by atoms with Gasteiger partial charge in [-0.25, -0.2) is 4.79 Å². The number of rotatable bonds is 10. The number of phenols is 1. The van der Waals surface area contributed by atoms with Crippen LogP contribution in [-0.2, 0) is 20.7 Å². The molecule has 37 heavy (non-hydrogen) atoms. The summed E-state index contributed by atoms with van der Waals surface area (Å²) in [5.74, 6) is -0.675. The third-order valence-corrected chi connectivity index (χ3v) is 5.90. The van der Waals surface area contributed by atoms with E-state index in [4.69, 9.17) is 4.74 Å². The number of likely N-dealkylation sites (N-methyl/N-ethyl adjacent to an activating group) is 1. The van der Waals surface area contributed by atoms with Crippen LogP contribution in [0.3, 0.4) is 0 Å². The highest BCUT2D eigenvalue weighted by Gasteiger charge is 2.34. The average molecular weight is 512 g/mol. The van der Waals surface area contributed by atoms with Gasteiger partial charge in [0, 0.05) is 19.5 Å². The molecule has 0 radical (unpaired) electrons. The van der Waals surface area contributed by atoms with Crippen LogP contribution in [0.5, 0.6) is 5.75 Å². The van der Waals surface area contributed by atoms with E-state index >= 15 is 0 Å². The van der Waals surface area contributed by atoms with Gasteiger partial charge in [-0.05, 0) is 69.9 Å². The molecule has 0 fully saturated rings. The molecule has 0 heterocycles. The van der Waals surface area contributed by atoms with Crippen LogP contribution in [-0.4, -0.2) is 52.6 Å². The molecule has 2 aromatic rings. The lowest BCUT2D eigenvalue weighted by atomic mass is 9.99. The quantitative estimate of drug-likeness (QED) is 0.431. The first-order valence-electron chi connectivity index (χ1n) is 12.7. The molecule has 0 aromatic heterocycles. The van der Waals surface area contributed by atoms with Crippen LogP contribution in [0.25, 0.3) is 0 Å². The first kappa shape index (κ1) is 29.7. The van der Waals surface area contributed by atoms with Gasteiger partial charge in [0.1, 0.15) is 23.4 Å². The predicted molar refractivity (Wildman–Crippen MR) is 144 cm³/mol. The van der Waals surface area contributed by atoms with Gasteiger partial charge < -0.3 is 25.4 Å². The smallest absolute Gasteiger partial charge is 0.408 e. The minimum atomic E-state index is -0.969. The maximum atomic E-state index is 13.9. The monoisotopic (exact) mass is 511 g/mol. The van der Waals surface area contributed by atoms with Crippen molar-refractivity contribution in [3.8, 4) is 5.75 Å². The molecule has 0 saturated carbocycles. The Morgan fingerprint density at radius 2 is 1.70 bits per heavy atom. The highest BCUT2D eigenvalue weighted by atomic mass is 16.6. The summed E-state index contributed by atoms with van der Waals surface area (Å²) in [4.78, 5) is 41.3. The van der Waals surface area contributed by atoms with E-state index in [1.54, 1.807) is 46.9 Å². The molecule has 3 amide bonds. The van der Waals surface area contributed by atoms with Gasteiger partial charge >= 0.3 is 6.09 Å². The Morgan fingerprint density at radius 1 is 1.05 bits per heavy atom. The first-order chi connectivity index (χ1) is 17.3. The maximum absolute atomic E-state index is 13.9. The lowest BCUT2D eigenvalue weighted by Crippen LogP contribution is -2.53. The highest BCUT2D eigenvalue weighted by Crippen LogP contribution is 2.26. The molecule has 2 rings (SSSR count). The molecular weight excluding hydrogens is 470 g/mol. The molecule has 8 heteroatoms. The van der Waals surface area contributed by atoms with Crippen molar-refractivity contribution in [3.05, 3.63) is 65.2 Å². The first-order valence-corrected chi connectivity index (χ1v) is 12.7. The molecule has 0 saturated heterocycles. The molecule has 8 nitrogen and oxygen atoms in total. The number of carbonyl (C=O) groups is 3. The van der Waals surface area contributed by atoms with Crippen molar-refractivity contribution in [2.45, 2.75) is 84.5 Å². The fourth-order valence-electron chi connectivity index (χ4n) is 4.10. The van der Waals surface area contributed by atoms with Crippen molar-refractivity contribution in [2.24, 2.45) is 0 Å². The maximum Gasteiger partial charge on any atom is 0.408 e. The second-order valence-electron chi connectivity index (χ2n) is 10.5. The van der Waals surface area contributed by atoms with Crippen LogP contribution in [0.2, 0.25) is 0 Å². The van der Waals surface area contributed by atoms with E-state index in [-0.39, 0.29) is 24.1 Å². The Morgan fingerprint density at radius 3 is 2.27 bits per heavy atom. The fourth-order valence-corrected chi connectivity index (χ4v) is 4.10. The van der Waals surface area contributed by atoms with Crippen LogP contribution in [0.1, 0.15) is 70.2 Å². The number of phenolic OH excluding ortho intramolecular Hbond substituents is 1. The van der Waals surface area contributed by atoms with Crippen molar-refractivity contribution in [2.75, 3.05) is 7.05 Å².